The minimum atomic E-state index is -4.37. The van der Waals surface area contributed by atoms with Gasteiger partial charge in [0.15, 0.2) is 0 Å². The van der Waals surface area contributed by atoms with Gasteiger partial charge in [-0.25, -0.2) is 0 Å². The van der Waals surface area contributed by atoms with Gasteiger partial charge in [-0.3, -0.25) is 4.98 Å². The number of allylic oxidation sites excluding steroid dienone is 3. The molecule has 17 heavy (non-hydrogen) atoms. The van der Waals surface area contributed by atoms with E-state index in [4.69, 9.17) is 0 Å². The van der Waals surface area contributed by atoms with E-state index in [-0.39, 0.29) is 0 Å². The molecule has 1 rings (SSSR count). The van der Waals surface area contributed by atoms with E-state index in [0.717, 1.165) is 23.6 Å². The SMILES string of the molecule is C=C/C(=C\C)CCc1ccc(C(F)(F)F)nc1. The fourth-order valence-electron chi connectivity index (χ4n) is 1.39. The lowest BCUT2D eigenvalue weighted by Crippen LogP contribution is -2.07. The minimum absolute atomic E-state index is 0.664. The van der Waals surface area contributed by atoms with Gasteiger partial charge in [0.25, 0.3) is 0 Å². The normalized spacial score (nSPS) is 12.6. The molecule has 0 fully saturated rings. The third kappa shape index (κ3) is 4.06. The van der Waals surface area contributed by atoms with Crippen LogP contribution in [0.3, 0.4) is 0 Å². The van der Waals surface area contributed by atoms with Crippen LogP contribution in [0.25, 0.3) is 0 Å². The van der Waals surface area contributed by atoms with Gasteiger partial charge in [0.1, 0.15) is 5.69 Å². The molecule has 1 nitrogen and oxygen atoms in total. The molecule has 0 radical (unpaired) electrons. The fraction of sp³-hybridized carbons (Fsp3) is 0.308. The largest absolute Gasteiger partial charge is 0.433 e. The lowest BCUT2D eigenvalue weighted by Gasteiger charge is -2.06. The van der Waals surface area contributed by atoms with Crippen molar-refractivity contribution in [3.63, 3.8) is 0 Å². The van der Waals surface area contributed by atoms with E-state index in [1.807, 2.05) is 13.0 Å². The molecule has 4 heteroatoms. The minimum Gasteiger partial charge on any atom is -0.252 e. The van der Waals surface area contributed by atoms with Crippen LogP contribution >= 0.6 is 0 Å². The summed E-state index contributed by atoms with van der Waals surface area (Å²) >= 11 is 0. The quantitative estimate of drug-likeness (QED) is 0.721. The second-order valence-electron chi connectivity index (χ2n) is 3.62. The van der Waals surface area contributed by atoms with E-state index >= 15 is 0 Å². The van der Waals surface area contributed by atoms with Gasteiger partial charge in [0, 0.05) is 6.20 Å². The molecule has 0 aliphatic carbocycles. The topological polar surface area (TPSA) is 12.9 Å². The summed E-state index contributed by atoms with van der Waals surface area (Å²) in [6.45, 7) is 5.56. The van der Waals surface area contributed by atoms with Gasteiger partial charge in [-0.05, 0) is 31.4 Å². The first-order valence-electron chi connectivity index (χ1n) is 5.27. The number of aromatic nitrogens is 1. The highest BCUT2D eigenvalue weighted by molar-refractivity contribution is 5.20. The summed E-state index contributed by atoms with van der Waals surface area (Å²) in [6.07, 6.45) is 2.01. The van der Waals surface area contributed by atoms with Crippen molar-refractivity contribution in [3.8, 4) is 0 Å². The van der Waals surface area contributed by atoms with Crippen LogP contribution in [0.1, 0.15) is 24.6 Å². The molecule has 0 saturated carbocycles. The van der Waals surface area contributed by atoms with Gasteiger partial charge < -0.3 is 0 Å². The van der Waals surface area contributed by atoms with Crippen LogP contribution < -0.4 is 0 Å². The summed E-state index contributed by atoms with van der Waals surface area (Å²) < 4.78 is 36.8. The molecule has 0 aliphatic heterocycles. The molecule has 1 heterocycles. The number of pyridine rings is 1. The van der Waals surface area contributed by atoms with E-state index in [1.165, 1.54) is 12.3 Å². The molecule has 0 aromatic carbocycles. The monoisotopic (exact) mass is 241 g/mol. The molecule has 0 aliphatic rings. The number of alkyl halides is 3. The van der Waals surface area contributed by atoms with Crippen LogP contribution in [0.5, 0.6) is 0 Å². The van der Waals surface area contributed by atoms with Gasteiger partial charge in [-0.2, -0.15) is 13.2 Å². The standard InChI is InChI=1S/C13H14F3N/c1-3-10(4-2)5-6-11-7-8-12(17-9-11)13(14,15)16/h3-4,7-9H,1,5-6H2,2H3/b10-4+. The van der Waals surface area contributed by atoms with Crippen LogP contribution in [-0.2, 0) is 12.6 Å². The summed E-state index contributed by atoms with van der Waals surface area (Å²) in [4.78, 5) is 3.41. The van der Waals surface area contributed by atoms with Crippen LogP contribution in [0.15, 0.2) is 42.6 Å². The first-order valence-corrected chi connectivity index (χ1v) is 5.27. The van der Waals surface area contributed by atoms with Gasteiger partial charge >= 0.3 is 6.18 Å². The summed E-state index contributed by atoms with van der Waals surface area (Å²) in [5.41, 5.74) is 1.01. The van der Waals surface area contributed by atoms with E-state index in [0.29, 0.717) is 6.42 Å². The predicted octanol–water partition coefficient (Wildman–Crippen LogP) is 4.17. The van der Waals surface area contributed by atoms with Gasteiger partial charge in [-0.15, -0.1) is 0 Å². The molecule has 0 unspecified atom stereocenters. The second kappa shape index (κ2) is 5.66. The Labute approximate surface area is 98.7 Å². The van der Waals surface area contributed by atoms with Gasteiger partial charge in [-0.1, -0.05) is 30.4 Å². The Morgan fingerprint density at radius 2 is 2.12 bits per heavy atom. The summed E-state index contributed by atoms with van der Waals surface area (Å²) in [5, 5.41) is 0. The van der Waals surface area contributed by atoms with Crippen molar-refractivity contribution in [3.05, 3.63) is 53.9 Å². The zero-order chi connectivity index (χ0) is 12.9. The Balaban J connectivity index is 2.66. The zero-order valence-electron chi connectivity index (χ0n) is 9.59. The Morgan fingerprint density at radius 3 is 2.53 bits per heavy atom. The molecule has 0 bridgehead atoms. The highest BCUT2D eigenvalue weighted by atomic mass is 19.4. The van der Waals surface area contributed by atoms with Crippen molar-refractivity contribution in [1.82, 2.24) is 4.98 Å². The lowest BCUT2D eigenvalue weighted by atomic mass is 10.1. The van der Waals surface area contributed by atoms with Crippen molar-refractivity contribution in [2.75, 3.05) is 0 Å². The number of hydrogen-bond donors (Lipinski definition) is 0. The molecule has 92 valence electrons. The molecule has 0 atom stereocenters. The maximum atomic E-state index is 12.3. The van der Waals surface area contributed by atoms with Crippen LogP contribution in [0.2, 0.25) is 0 Å². The third-order valence-corrected chi connectivity index (χ3v) is 2.45. The lowest BCUT2D eigenvalue weighted by molar-refractivity contribution is -0.141. The molecule has 0 N–H and O–H groups in total. The maximum absolute atomic E-state index is 12.3. The van der Waals surface area contributed by atoms with Crippen molar-refractivity contribution >= 4 is 0 Å². The number of nitrogens with zero attached hydrogens (tertiary/aromatic N) is 1. The zero-order valence-corrected chi connectivity index (χ0v) is 9.59. The van der Waals surface area contributed by atoms with E-state index in [2.05, 4.69) is 11.6 Å². The Bertz CT molecular complexity index is 402. The Hall–Kier alpha value is -1.58. The molecule has 0 amide bonds. The van der Waals surface area contributed by atoms with Gasteiger partial charge in [0.05, 0.1) is 0 Å². The van der Waals surface area contributed by atoms with Crippen molar-refractivity contribution in [2.45, 2.75) is 25.9 Å². The Kier molecular flexibility index (Phi) is 4.49. The Morgan fingerprint density at radius 1 is 1.41 bits per heavy atom. The maximum Gasteiger partial charge on any atom is 0.433 e. The number of hydrogen-bond acceptors (Lipinski definition) is 1. The average Bonchev–Trinajstić information content (AvgIpc) is 2.30. The van der Waals surface area contributed by atoms with E-state index in [1.54, 1.807) is 6.08 Å². The molecular formula is C13H14F3N. The highest BCUT2D eigenvalue weighted by Crippen LogP contribution is 2.27. The number of aryl methyl sites for hydroxylation is 1. The molecule has 0 saturated heterocycles. The highest BCUT2D eigenvalue weighted by Gasteiger charge is 2.31. The van der Waals surface area contributed by atoms with Crippen LogP contribution in [-0.4, -0.2) is 4.98 Å². The summed E-state index contributed by atoms with van der Waals surface area (Å²) in [5.74, 6) is 0. The van der Waals surface area contributed by atoms with Crippen molar-refractivity contribution in [2.24, 2.45) is 0 Å². The van der Waals surface area contributed by atoms with Crippen molar-refractivity contribution in [1.29, 1.82) is 0 Å². The second-order valence-corrected chi connectivity index (χ2v) is 3.62. The fourth-order valence-corrected chi connectivity index (χ4v) is 1.39. The molecule has 0 spiro atoms. The van der Waals surface area contributed by atoms with Crippen LogP contribution in [0.4, 0.5) is 13.2 Å². The van der Waals surface area contributed by atoms with E-state index < -0.39 is 11.9 Å². The first kappa shape index (κ1) is 13.5. The average molecular weight is 241 g/mol. The predicted molar refractivity (Wildman–Crippen MR) is 61.5 cm³/mol. The smallest absolute Gasteiger partial charge is 0.252 e. The summed E-state index contributed by atoms with van der Waals surface area (Å²) in [6, 6.07) is 2.48. The number of halogens is 3. The molecule has 1 aromatic rings. The third-order valence-electron chi connectivity index (χ3n) is 2.45. The molecule has 1 aromatic heterocycles. The van der Waals surface area contributed by atoms with Crippen molar-refractivity contribution < 1.29 is 13.2 Å². The summed E-state index contributed by atoms with van der Waals surface area (Å²) in [7, 11) is 0. The first-order chi connectivity index (χ1) is 7.97. The molecular weight excluding hydrogens is 227 g/mol. The van der Waals surface area contributed by atoms with E-state index in [9.17, 15) is 13.2 Å². The van der Waals surface area contributed by atoms with Crippen LogP contribution in [0, 0.1) is 0 Å². The van der Waals surface area contributed by atoms with Gasteiger partial charge in [0.2, 0.25) is 0 Å². The number of rotatable bonds is 4.